The minimum absolute atomic E-state index is 0.0558. The number of alkyl halides is 3. The van der Waals surface area contributed by atoms with Gasteiger partial charge in [0, 0.05) is 11.8 Å². The number of hydrogen-bond donors (Lipinski definition) is 1. The largest absolute Gasteiger partial charge is 0.425 e. The maximum atomic E-state index is 12.8. The van der Waals surface area contributed by atoms with Gasteiger partial charge in [0.15, 0.2) is 5.76 Å². The highest BCUT2D eigenvalue weighted by molar-refractivity contribution is 6.04. The Bertz CT molecular complexity index is 1240. The monoisotopic (exact) mass is 373 g/mol. The van der Waals surface area contributed by atoms with Gasteiger partial charge in [-0.2, -0.15) is 13.2 Å². The summed E-state index contributed by atoms with van der Waals surface area (Å²) in [4.78, 5) is 24.8. The van der Waals surface area contributed by atoms with E-state index in [0.717, 1.165) is 12.1 Å². The highest BCUT2D eigenvalue weighted by Crippen LogP contribution is 2.31. The molecule has 4 aromatic rings. The first-order valence-electron chi connectivity index (χ1n) is 7.77. The van der Waals surface area contributed by atoms with E-state index >= 15 is 0 Å². The van der Waals surface area contributed by atoms with Crippen molar-refractivity contribution in [3.05, 3.63) is 76.1 Å². The van der Waals surface area contributed by atoms with E-state index < -0.39 is 17.6 Å². The van der Waals surface area contributed by atoms with Crippen LogP contribution in [0.25, 0.3) is 22.1 Å². The molecule has 0 atom stereocenters. The molecule has 4 rings (SSSR count). The Balaban J connectivity index is 1.70. The maximum Gasteiger partial charge on any atom is 0.416 e. The second kappa shape index (κ2) is 6.01. The second-order valence-corrected chi connectivity index (χ2v) is 5.77. The SMILES string of the molecule is O=C(Nc1cccc(C(F)(F)F)c1)c1cc2c(=O)c3ccccc3oc2o1. The normalized spacial score (nSPS) is 11.8. The van der Waals surface area contributed by atoms with Gasteiger partial charge in [0.05, 0.1) is 10.9 Å². The van der Waals surface area contributed by atoms with Crippen LogP contribution in [0.1, 0.15) is 16.1 Å². The van der Waals surface area contributed by atoms with E-state index in [1.54, 1.807) is 24.3 Å². The molecule has 0 fully saturated rings. The summed E-state index contributed by atoms with van der Waals surface area (Å²) in [6.07, 6.45) is -4.53. The molecule has 0 bridgehead atoms. The summed E-state index contributed by atoms with van der Waals surface area (Å²) < 4.78 is 49.1. The number of nitrogens with one attached hydrogen (secondary N) is 1. The van der Waals surface area contributed by atoms with Crippen molar-refractivity contribution in [2.45, 2.75) is 6.18 Å². The molecule has 0 aliphatic carbocycles. The molecule has 136 valence electrons. The lowest BCUT2D eigenvalue weighted by atomic mass is 10.2. The van der Waals surface area contributed by atoms with Gasteiger partial charge in [-0.15, -0.1) is 0 Å². The molecule has 1 N–H and O–H groups in total. The molecule has 8 heteroatoms. The van der Waals surface area contributed by atoms with Crippen molar-refractivity contribution < 1.29 is 26.8 Å². The number of fused-ring (bicyclic) bond motifs is 2. The van der Waals surface area contributed by atoms with Crippen LogP contribution in [-0.2, 0) is 6.18 Å². The summed E-state index contributed by atoms with van der Waals surface area (Å²) in [5.74, 6) is -1.18. The van der Waals surface area contributed by atoms with Gasteiger partial charge in [0.1, 0.15) is 11.0 Å². The van der Waals surface area contributed by atoms with E-state index in [0.29, 0.717) is 11.0 Å². The van der Waals surface area contributed by atoms with Gasteiger partial charge in [-0.3, -0.25) is 9.59 Å². The smallest absolute Gasteiger partial charge is 0.416 e. The molecule has 0 radical (unpaired) electrons. The maximum absolute atomic E-state index is 12.8. The van der Waals surface area contributed by atoms with Crippen molar-refractivity contribution in [1.82, 2.24) is 0 Å². The van der Waals surface area contributed by atoms with Crippen LogP contribution in [0.4, 0.5) is 18.9 Å². The molecule has 2 heterocycles. The summed E-state index contributed by atoms with van der Waals surface area (Å²) >= 11 is 0. The fraction of sp³-hybridized carbons (Fsp3) is 0.0526. The van der Waals surface area contributed by atoms with Crippen molar-refractivity contribution >= 4 is 33.7 Å². The molecule has 0 unspecified atom stereocenters. The number of anilines is 1. The summed E-state index contributed by atoms with van der Waals surface area (Å²) in [5.41, 5.74) is -1.02. The number of halogens is 3. The van der Waals surface area contributed by atoms with Crippen LogP contribution in [0, 0.1) is 0 Å². The van der Waals surface area contributed by atoms with Crippen molar-refractivity contribution in [3.63, 3.8) is 0 Å². The molecule has 27 heavy (non-hydrogen) atoms. The van der Waals surface area contributed by atoms with E-state index in [9.17, 15) is 22.8 Å². The molecule has 0 spiro atoms. The number of benzene rings is 2. The summed E-state index contributed by atoms with van der Waals surface area (Å²) in [6.45, 7) is 0. The third-order valence-corrected chi connectivity index (χ3v) is 3.95. The number of carbonyl (C=O) groups is 1. The van der Waals surface area contributed by atoms with Crippen LogP contribution in [0.5, 0.6) is 0 Å². The summed E-state index contributed by atoms with van der Waals surface area (Å²) in [5, 5.41) is 2.72. The highest BCUT2D eigenvalue weighted by atomic mass is 19.4. The van der Waals surface area contributed by atoms with Crippen molar-refractivity contribution in [1.29, 1.82) is 0 Å². The molecule has 5 nitrogen and oxygen atoms in total. The number of para-hydroxylation sites is 1. The van der Waals surface area contributed by atoms with Crippen molar-refractivity contribution in [2.75, 3.05) is 5.32 Å². The number of amides is 1. The molecule has 0 aliphatic heterocycles. The minimum atomic E-state index is -4.53. The van der Waals surface area contributed by atoms with Crippen LogP contribution in [-0.4, -0.2) is 5.91 Å². The molecule has 0 saturated heterocycles. The number of rotatable bonds is 2. The average molecular weight is 373 g/mol. The fourth-order valence-corrected chi connectivity index (χ4v) is 2.67. The quantitative estimate of drug-likeness (QED) is 0.547. The van der Waals surface area contributed by atoms with Gasteiger partial charge in [-0.25, -0.2) is 0 Å². The highest BCUT2D eigenvalue weighted by Gasteiger charge is 2.30. The first-order chi connectivity index (χ1) is 12.8. The lowest BCUT2D eigenvalue weighted by molar-refractivity contribution is -0.137. The minimum Gasteiger partial charge on any atom is -0.425 e. The fourth-order valence-electron chi connectivity index (χ4n) is 2.67. The molecule has 1 amide bonds. The van der Waals surface area contributed by atoms with E-state index in [2.05, 4.69) is 5.32 Å². The predicted octanol–water partition coefficient (Wildman–Crippen LogP) is 4.81. The van der Waals surface area contributed by atoms with Crippen molar-refractivity contribution in [2.24, 2.45) is 0 Å². The molecule has 2 aromatic heterocycles. The molecular weight excluding hydrogens is 363 g/mol. The zero-order valence-corrected chi connectivity index (χ0v) is 13.5. The zero-order valence-electron chi connectivity index (χ0n) is 13.5. The Hall–Kier alpha value is -3.55. The van der Waals surface area contributed by atoms with Gasteiger partial charge in [-0.05, 0) is 30.3 Å². The molecule has 0 aliphatic rings. The average Bonchev–Trinajstić information content (AvgIpc) is 3.06. The Kier molecular flexibility index (Phi) is 3.76. The predicted molar refractivity (Wildman–Crippen MR) is 91.7 cm³/mol. The topological polar surface area (TPSA) is 72.5 Å². The number of hydrogen-bond acceptors (Lipinski definition) is 4. The Morgan fingerprint density at radius 1 is 0.926 bits per heavy atom. The van der Waals surface area contributed by atoms with Crippen LogP contribution in [0.2, 0.25) is 0 Å². The Morgan fingerprint density at radius 3 is 2.48 bits per heavy atom. The van der Waals surface area contributed by atoms with Gasteiger partial charge in [-0.1, -0.05) is 18.2 Å². The Labute approximate surface area is 149 Å². The van der Waals surface area contributed by atoms with Crippen LogP contribution in [0.15, 0.2) is 68.2 Å². The lowest BCUT2D eigenvalue weighted by Gasteiger charge is -2.09. The van der Waals surface area contributed by atoms with Gasteiger partial charge >= 0.3 is 12.0 Å². The van der Waals surface area contributed by atoms with Gasteiger partial charge in [0.2, 0.25) is 5.43 Å². The van der Waals surface area contributed by atoms with E-state index in [4.69, 9.17) is 8.83 Å². The molecular formula is C19H10F3NO4. The van der Waals surface area contributed by atoms with E-state index in [-0.39, 0.29) is 28.0 Å². The van der Waals surface area contributed by atoms with Gasteiger partial charge in [0.25, 0.3) is 5.91 Å². The third-order valence-electron chi connectivity index (χ3n) is 3.95. The first kappa shape index (κ1) is 16.9. The molecule has 0 saturated carbocycles. The lowest BCUT2D eigenvalue weighted by Crippen LogP contribution is -2.12. The van der Waals surface area contributed by atoms with Gasteiger partial charge < -0.3 is 14.2 Å². The van der Waals surface area contributed by atoms with E-state index in [1.807, 2.05) is 0 Å². The summed E-state index contributed by atoms with van der Waals surface area (Å²) in [6, 6.07) is 11.9. The zero-order chi connectivity index (χ0) is 19.2. The number of furan rings is 1. The molecule has 2 aromatic carbocycles. The van der Waals surface area contributed by atoms with Crippen LogP contribution >= 0.6 is 0 Å². The van der Waals surface area contributed by atoms with Crippen LogP contribution < -0.4 is 10.7 Å². The van der Waals surface area contributed by atoms with Crippen LogP contribution in [0.3, 0.4) is 0 Å². The summed E-state index contributed by atoms with van der Waals surface area (Å²) in [7, 11) is 0. The number of carbonyl (C=O) groups excluding carboxylic acids is 1. The van der Waals surface area contributed by atoms with Crippen molar-refractivity contribution in [3.8, 4) is 0 Å². The third kappa shape index (κ3) is 3.05. The standard InChI is InChI=1S/C19H10F3NO4/c20-19(21,22)10-4-3-5-11(8-10)23-17(25)15-9-13-16(24)12-6-1-2-7-14(12)26-18(13)27-15/h1-9H,(H,23,25). The second-order valence-electron chi connectivity index (χ2n) is 5.77. The van der Waals surface area contributed by atoms with E-state index in [1.165, 1.54) is 18.2 Å². The first-order valence-corrected chi connectivity index (χ1v) is 7.77. The Morgan fingerprint density at radius 2 is 1.70 bits per heavy atom.